The molecule has 0 atom stereocenters. The van der Waals surface area contributed by atoms with Gasteiger partial charge in [0, 0.05) is 11.2 Å². The van der Waals surface area contributed by atoms with Crippen LogP contribution in [0.4, 0.5) is 5.69 Å². The molecule has 0 bridgehead atoms. The topological polar surface area (TPSA) is 86.8 Å². The number of aromatic nitrogens is 1. The number of carbonyl (C=O) groups is 2. The second-order valence-corrected chi connectivity index (χ2v) is 5.19. The Hall–Kier alpha value is -2.80. The summed E-state index contributed by atoms with van der Waals surface area (Å²) in [4.78, 5) is 28.1. The molecule has 1 aromatic carbocycles. The van der Waals surface area contributed by atoms with Crippen LogP contribution >= 0.6 is 11.6 Å². The Morgan fingerprint density at radius 1 is 1.28 bits per heavy atom. The number of carbonyl (C=O) groups excluding carboxylic acids is 2. The Morgan fingerprint density at radius 3 is 2.80 bits per heavy atom. The fourth-order valence-electron chi connectivity index (χ4n) is 1.97. The van der Waals surface area contributed by atoms with Gasteiger partial charge in [0.15, 0.2) is 6.61 Å². The van der Waals surface area contributed by atoms with Crippen LogP contribution in [0.25, 0.3) is 0 Å². The average molecular weight is 365 g/mol. The first-order valence-corrected chi connectivity index (χ1v) is 7.81. The van der Waals surface area contributed by atoms with Gasteiger partial charge in [-0.1, -0.05) is 11.6 Å². The van der Waals surface area contributed by atoms with Gasteiger partial charge in [-0.25, -0.2) is 9.78 Å². The number of benzene rings is 1. The third kappa shape index (κ3) is 5.09. The maximum atomic E-state index is 12.1. The average Bonchev–Trinajstić information content (AvgIpc) is 2.61. The van der Waals surface area contributed by atoms with E-state index in [1.165, 1.54) is 25.4 Å². The van der Waals surface area contributed by atoms with E-state index in [2.05, 4.69) is 10.3 Å². The van der Waals surface area contributed by atoms with Crippen LogP contribution in [0.15, 0.2) is 36.5 Å². The molecule has 8 heteroatoms. The lowest BCUT2D eigenvalue weighted by molar-refractivity contribution is -0.119. The quantitative estimate of drug-likeness (QED) is 0.760. The van der Waals surface area contributed by atoms with Crippen molar-refractivity contribution in [2.45, 2.75) is 6.92 Å². The summed E-state index contributed by atoms with van der Waals surface area (Å²) < 4.78 is 15.4. The fourth-order valence-corrected chi connectivity index (χ4v) is 2.14. The van der Waals surface area contributed by atoms with E-state index in [9.17, 15) is 9.59 Å². The van der Waals surface area contributed by atoms with Crippen molar-refractivity contribution in [3.8, 4) is 11.6 Å². The van der Waals surface area contributed by atoms with Gasteiger partial charge in [0.2, 0.25) is 5.88 Å². The van der Waals surface area contributed by atoms with Gasteiger partial charge >= 0.3 is 5.97 Å². The number of hydrogen-bond donors (Lipinski definition) is 1. The number of nitrogens with zero attached hydrogens (tertiary/aromatic N) is 1. The molecule has 0 radical (unpaired) electrons. The molecule has 1 amide bonds. The number of esters is 1. The third-order valence-electron chi connectivity index (χ3n) is 3.04. The summed E-state index contributed by atoms with van der Waals surface area (Å²) in [7, 11) is 1.47. The zero-order valence-corrected chi connectivity index (χ0v) is 14.5. The molecule has 0 aliphatic rings. The summed E-state index contributed by atoms with van der Waals surface area (Å²) in [5, 5.41) is 3.01. The van der Waals surface area contributed by atoms with E-state index in [1.54, 1.807) is 25.1 Å². The zero-order chi connectivity index (χ0) is 18.2. The summed E-state index contributed by atoms with van der Waals surface area (Å²) in [5.74, 6) is -0.637. The molecule has 7 nitrogen and oxygen atoms in total. The molecule has 2 rings (SSSR count). The molecule has 0 unspecified atom stereocenters. The zero-order valence-electron chi connectivity index (χ0n) is 13.7. The molecule has 0 fully saturated rings. The minimum absolute atomic E-state index is 0.150. The SMILES string of the molecule is CCOc1ncccc1C(=O)OCC(=O)Nc1cc(Cl)ccc1OC. The second kappa shape index (κ2) is 8.89. The number of rotatable bonds is 7. The number of hydrogen-bond acceptors (Lipinski definition) is 6. The van der Waals surface area contributed by atoms with Crippen LogP contribution in [-0.4, -0.2) is 37.2 Å². The highest BCUT2D eigenvalue weighted by Crippen LogP contribution is 2.27. The molecule has 0 spiro atoms. The van der Waals surface area contributed by atoms with Gasteiger partial charge in [0.05, 0.1) is 19.4 Å². The third-order valence-corrected chi connectivity index (χ3v) is 3.28. The molecule has 0 aliphatic heterocycles. The van der Waals surface area contributed by atoms with Crippen molar-refractivity contribution >= 4 is 29.2 Å². The van der Waals surface area contributed by atoms with Gasteiger partial charge in [-0.3, -0.25) is 4.79 Å². The lowest BCUT2D eigenvalue weighted by atomic mass is 10.3. The van der Waals surface area contributed by atoms with Gasteiger partial charge < -0.3 is 19.5 Å². The number of ether oxygens (including phenoxy) is 3. The van der Waals surface area contributed by atoms with Crippen molar-refractivity contribution in [3.63, 3.8) is 0 Å². The van der Waals surface area contributed by atoms with E-state index in [-0.39, 0.29) is 11.4 Å². The number of amides is 1. The molecule has 2 aromatic rings. The normalized spacial score (nSPS) is 10.0. The summed E-state index contributed by atoms with van der Waals surface area (Å²) >= 11 is 5.90. The van der Waals surface area contributed by atoms with Crippen LogP contribution in [0.5, 0.6) is 11.6 Å². The van der Waals surface area contributed by atoms with E-state index in [0.29, 0.717) is 23.1 Å². The standard InChI is InChI=1S/C17H17ClN2O5/c1-3-24-16-12(5-4-8-19-16)17(22)25-10-15(21)20-13-9-11(18)6-7-14(13)23-2/h4-9H,3,10H2,1-2H3,(H,20,21). The first-order chi connectivity index (χ1) is 12.0. The lowest BCUT2D eigenvalue weighted by Gasteiger charge is -2.11. The van der Waals surface area contributed by atoms with Crippen molar-refractivity contribution < 1.29 is 23.8 Å². The lowest BCUT2D eigenvalue weighted by Crippen LogP contribution is -2.21. The smallest absolute Gasteiger partial charge is 0.344 e. The maximum absolute atomic E-state index is 12.1. The molecular weight excluding hydrogens is 348 g/mol. The highest BCUT2D eigenvalue weighted by molar-refractivity contribution is 6.31. The number of nitrogens with one attached hydrogen (secondary N) is 1. The van der Waals surface area contributed by atoms with Gasteiger partial charge in [0.25, 0.3) is 5.91 Å². The minimum Gasteiger partial charge on any atom is -0.495 e. The van der Waals surface area contributed by atoms with Crippen molar-refractivity contribution in [2.75, 3.05) is 25.6 Å². The van der Waals surface area contributed by atoms with Crippen LogP contribution in [0, 0.1) is 0 Å². The number of pyridine rings is 1. The van der Waals surface area contributed by atoms with Crippen molar-refractivity contribution in [2.24, 2.45) is 0 Å². The van der Waals surface area contributed by atoms with Gasteiger partial charge in [-0.2, -0.15) is 0 Å². The largest absolute Gasteiger partial charge is 0.495 e. The predicted octanol–water partition coefficient (Wildman–Crippen LogP) is 2.94. The van der Waals surface area contributed by atoms with Crippen LogP contribution in [-0.2, 0) is 9.53 Å². The van der Waals surface area contributed by atoms with E-state index in [4.69, 9.17) is 25.8 Å². The number of anilines is 1. The van der Waals surface area contributed by atoms with Crippen molar-refractivity contribution in [1.29, 1.82) is 0 Å². The number of methoxy groups -OCH3 is 1. The van der Waals surface area contributed by atoms with Gasteiger partial charge in [-0.05, 0) is 37.3 Å². The van der Waals surface area contributed by atoms with Crippen LogP contribution in [0.1, 0.15) is 17.3 Å². The summed E-state index contributed by atoms with van der Waals surface area (Å²) in [5.41, 5.74) is 0.532. The summed E-state index contributed by atoms with van der Waals surface area (Å²) in [6.07, 6.45) is 1.50. The molecule has 0 aliphatic carbocycles. The van der Waals surface area contributed by atoms with E-state index in [1.807, 2.05) is 0 Å². The highest BCUT2D eigenvalue weighted by atomic mass is 35.5. The molecule has 1 heterocycles. The van der Waals surface area contributed by atoms with Crippen LogP contribution < -0.4 is 14.8 Å². The Morgan fingerprint density at radius 2 is 2.08 bits per heavy atom. The molecule has 25 heavy (non-hydrogen) atoms. The van der Waals surface area contributed by atoms with E-state index in [0.717, 1.165) is 0 Å². The Kier molecular flexibility index (Phi) is 6.59. The monoisotopic (exact) mass is 364 g/mol. The van der Waals surface area contributed by atoms with Gasteiger partial charge in [0.1, 0.15) is 11.3 Å². The Balaban J connectivity index is 1.98. The first kappa shape index (κ1) is 18.5. The van der Waals surface area contributed by atoms with Crippen LogP contribution in [0.3, 0.4) is 0 Å². The first-order valence-electron chi connectivity index (χ1n) is 7.43. The maximum Gasteiger partial charge on any atom is 0.344 e. The molecule has 0 saturated carbocycles. The molecule has 1 aromatic heterocycles. The van der Waals surface area contributed by atoms with Crippen LogP contribution in [0.2, 0.25) is 5.02 Å². The highest BCUT2D eigenvalue weighted by Gasteiger charge is 2.17. The van der Waals surface area contributed by atoms with E-state index >= 15 is 0 Å². The number of halogens is 1. The fraction of sp³-hybridized carbons (Fsp3) is 0.235. The summed E-state index contributed by atoms with van der Waals surface area (Å²) in [6.45, 7) is 1.65. The predicted molar refractivity (Wildman–Crippen MR) is 92.3 cm³/mol. The Bertz CT molecular complexity index is 766. The molecular formula is C17H17ClN2O5. The molecule has 132 valence electrons. The molecule has 0 saturated heterocycles. The summed E-state index contributed by atoms with van der Waals surface area (Å²) in [6, 6.07) is 7.88. The Labute approximate surface area is 149 Å². The minimum atomic E-state index is -0.704. The molecule has 1 N–H and O–H groups in total. The second-order valence-electron chi connectivity index (χ2n) is 4.76. The van der Waals surface area contributed by atoms with Crippen molar-refractivity contribution in [1.82, 2.24) is 4.98 Å². The van der Waals surface area contributed by atoms with Gasteiger partial charge in [-0.15, -0.1) is 0 Å². The van der Waals surface area contributed by atoms with E-state index < -0.39 is 18.5 Å². The van der Waals surface area contributed by atoms with Crippen molar-refractivity contribution in [3.05, 3.63) is 47.1 Å².